The van der Waals surface area contributed by atoms with Crippen LogP contribution in [0.1, 0.15) is 11.5 Å². The van der Waals surface area contributed by atoms with Crippen molar-refractivity contribution in [3.8, 4) is 11.5 Å². The second-order valence-electron chi connectivity index (χ2n) is 3.47. The molecule has 0 atom stereocenters. The van der Waals surface area contributed by atoms with Crippen LogP contribution in [0.25, 0.3) is 0 Å². The van der Waals surface area contributed by atoms with Gasteiger partial charge in [-0.25, -0.2) is 0 Å². The van der Waals surface area contributed by atoms with E-state index in [1.165, 1.54) is 0 Å². The number of hydrogen-bond acceptors (Lipinski definition) is 9. The summed E-state index contributed by atoms with van der Waals surface area (Å²) in [5, 5.41) is 37.6. The summed E-state index contributed by atoms with van der Waals surface area (Å²) in [5.41, 5.74) is -1.31. The number of aliphatic hydroxyl groups is 2. The summed E-state index contributed by atoms with van der Waals surface area (Å²) in [6.45, 7) is -0.731. The summed E-state index contributed by atoms with van der Waals surface area (Å²) < 4.78 is 17.2. The molecule has 0 saturated heterocycles. The maximum atomic E-state index is 10.5. The van der Waals surface area contributed by atoms with E-state index in [2.05, 4.69) is 8.83 Å². The van der Waals surface area contributed by atoms with Gasteiger partial charge in [0.15, 0.2) is 10.9 Å². The quantitative estimate of drug-likeness (QED) is 0.642. The molecule has 0 saturated carbocycles. The van der Waals surface area contributed by atoms with Gasteiger partial charge in [0.2, 0.25) is 0 Å². The van der Waals surface area contributed by atoms with Crippen molar-refractivity contribution in [2.45, 2.75) is 13.2 Å². The van der Waals surface area contributed by atoms with Gasteiger partial charge in [0.25, 0.3) is 0 Å². The molecule has 2 aromatic rings. The molecule has 9 nitrogen and oxygen atoms in total. The van der Waals surface area contributed by atoms with Crippen LogP contribution in [0.5, 0.6) is 11.5 Å². The van der Waals surface area contributed by atoms with Crippen LogP contribution in [0.2, 0.25) is 0 Å². The van der Waals surface area contributed by atoms with Gasteiger partial charge in [-0.1, -0.05) is 0 Å². The first-order valence-electron chi connectivity index (χ1n) is 5.45. The Morgan fingerprint density at radius 1 is 0.864 bits per heavy atom. The molecule has 0 aromatic carbocycles. The molecule has 0 spiro atoms. The van der Waals surface area contributed by atoms with Crippen LogP contribution in [-0.2, 0) is 34.3 Å². The molecule has 22 heavy (non-hydrogen) atoms. The molecule has 0 bridgehead atoms. The van der Waals surface area contributed by atoms with Crippen LogP contribution in [-0.4, -0.2) is 10.2 Å². The van der Waals surface area contributed by atoms with Crippen molar-refractivity contribution in [3.05, 3.63) is 56.6 Å². The van der Waals surface area contributed by atoms with Crippen molar-refractivity contribution >= 4 is 0 Å². The van der Waals surface area contributed by atoms with Crippen molar-refractivity contribution < 1.29 is 50.3 Å². The van der Waals surface area contributed by atoms with E-state index in [1.807, 2.05) is 0 Å². The third kappa shape index (κ3) is 6.50. The zero-order valence-electron chi connectivity index (χ0n) is 10.9. The van der Waals surface area contributed by atoms with Crippen molar-refractivity contribution in [3.63, 3.8) is 0 Å². The minimum atomic E-state index is -0.697. The van der Waals surface area contributed by atoms with Gasteiger partial charge in [-0.15, -0.1) is 0 Å². The zero-order chi connectivity index (χ0) is 17.1. The standard InChI is InChI=1S/2C6H6O4.O.V/c2*7-2-4-1-5(8)6(9)3-10-4;;/h2*1,3,7,9H,2H2;;/q;;;+2/p-2. The van der Waals surface area contributed by atoms with E-state index in [-0.39, 0.29) is 24.7 Å². The van der Waals surface area contributed by atoms with E-state index >= 15 is 0 Å². The van der Waals surface area contributed by atoms with Gasteiger partial charge >= 0.3 is 21.0 Å². The van der Waals surface area contributed by atoms with Crippen molar-refractivity contribution in [2.75, 3.05) is 0 Å². The third-order valence-electron chi connectivity index (χ3n) is 2.02. The maximum absolute atomic E-state index is 10.5. The Bertz CT molecular complexity index is 632. The summed E-state index contributed by atoms with van der Waals surface area (Å²) >= 11 is 1.06. The van der Waals surface area contributed by atoms with Crippen molar-refractivity contribution in [1.29, 1.82) is 0 Å². The van der Waals surface area contributed by atoms with Gasteiger partial charge in [-0.2, -0.15) is 0 Å². The summed E-state index contributed by atoms with van der Waals surface area (Å²) in [6.07, 6.45) is 1.57. The first-order chi connectivity index (χ1) is 10.5. The summed E-state index contributed by atoms with van der Waals surface area (Å²) in [7, 11) is 0. The van der Waals surface area contributed by atoms with Crippen LogP contribution >= 0.6 is 0 Å². The molecular weight excluding hydrogens is 339 g/mol. The van der Waals surface area contributed by atoms with E-state index in [0.29, 0.717) is 0 Å². The van der Waals surface area contributed by atoms with E-state index in [0.717, 1.165) is 42.0 Å². The molecule has 0 aliphatic heterocycles. The Balaban J connectivity index is 0.000000360. The Morgan fingerprint density at radius 3 is 1.41 bits per heavy atom. The first kappa shape index (κ1) is 19.8. The molecule has 2 aromatic heterocycles. The Kier molecular flexibility index (Phi) is 9.47. The molecule has 0 radical (unpaired) electrons. The summed E-state index contributed by atoms with van der Waals surface area (Å²) in [5.74, 6) is -1.19. The van der Waals surface area contributed by atoms with Crippen LogP contribution in [0.4, 0.5) is 0 Å². The number of hydrogen-bond donors (Lipinski definition) is 2. The zero-order valence-corrected chi connectivity index (χ0v) is 12.3. The average Bonchev–Trinajstić information content (AvgIpc) is 2.55. The number of aliphatic hydroxyl groups excluding tert-OH is 2. The second kappa shape index (κ2) is 10.5. The van der Waals surface area contributed by atoms with Gasteiger partial charge in [0, 0.05) is 12.1 Å². The molecule has 0 unspecified atom stereocenters. The molecule has 0 amide bonds. The minimum absolute atomic E-state index is 0.101. The molecule has 2 rings (SSSR count). The predicted molar refractivity (Wildman–Crippen MR) is 61.4 cm³/mol. The van der Waals surface area contributed by atoms with Crippen LogP contribution in [0.3, 0.4) is 0 Å². The predicted octanol–water partition coefficient (Wildman–Crippen LogP) is -1.71. The van der Waals surface area contributed by atoms with Gasteiger partial charge in [-0.3, -0.25) is 9.59 Å². The topological polar surface area (TPSA) is 164 Å². The molecule has 0 aliphatic carbocycles. The van der Waals surface area contributed by atoms with Gasteiger partial charge in [0.1, 0.15) is 24.7 Å². The summed E-state index contributed by atoms with van der Waals surface area (Å²) in [4.78, 5) is 21.0. The molecule has 10 heteroatoms. The van der Waals surface area contributed by atoms with Crippen LogP contribution in [0, 0.1) is 0 Å². The Hall–Kier alpha value is -2.20. The summed E-state index contributed by atoms with van der Waals surface area (Å²) in [6, 6.07) is 1.95. The molecule has 0 aliphatic rings. The fourth-order valence-corrected chi connectivity index (χ4v) is 1.04. The van der Waals surface area contributed by atoms with Gasteiger partial charge in [-0.05, 0) is 11.5 Å². The molecule has 2 heterocycles. The monoisotopic (exact) mass is 349 g/mol. The fourth-order valence-electron chi connectivity index (χ4n) is 1.04. The molecular formula is C12H10O9V. The van der Waals surface area contributed by atoms with Gasteiger partial charge in [0.05, 0.1) is 12.5 Å². The first-order valence-corrected chi connectivity index (χ1v) is 6.02. The van der Waals surface area contributed by atoms with E-state index < -0.39 is 22.4 Å². The van der Waals surface area contributed by atoms with E-state index in [4.69, 9.17) is 13.9 Å². The Labute approximate surface area is 132 Å². The van der Waals surface area contributed by atoms with Crippen molar-refractivity contribution in [1.82, 2.24) is 0 Å². The normalized spacial score (nSPS) is 9.09. The van der Waals surface area contributed by atoms with Crippen molar-refractivity contribution in [2.24, 2.45) is 0 Å². The second-order valence-corrected chi connectivity index (χ2v) is 3.47. The van der Waals surface area contributed by atoms with E-state index in [1.54, 1.807) is 0 Å². The van der Waals surface area contributed by atoms with E-state index in [9.17, 15) is 19.8 Å². The number of rotatable bonds is 2. The van der Waals surface area contributed by atoms with Crippen LogP contribution in [0.15, 0.2) is 43.1 Å². The Morgan fingerprint density at radius 2 is 1.18 bits per heavy atom. The van der Waals surface area contributed by atoms with Gasteiger partial charge < -0.3 is 29.3 Å². The SMILES string of the molecule is O=c1cc(CO)occ1[O-].O=c1cc(CO)occ1[O-].[O]=[V+2]. The third-order valence-corrected chi connectivity index (χ3v) is 2.02. The average molecular weight is 349 g/mol. The molecule has 0 fully saturated rings. The van der Waals surface area contributed by atoms with Crippen LogP contribution < -0.4 is 21.1 Å². The molecule has 117 valence electrons. The fraction of sp³-hybridized carbons (Fsp3) is 0.167. The molecule has 2 N–H and O–H groups in total.